The van der Waals surface area contributed by atoms with Gasteiger partial charge in [-0.25, -0.2) is 0 Å². The quantitative estimate of drug-likeness (QED) is 0.135. The van der Waals surface area contributed by atoms with Gasteiger partial charge in [0, 0.05) is 41.4 Å². The first kappa shape index (κ1) is 32.7. The molecule has 0 atom stereocenters. The fourth-order valence-corrected chi connectivity index (χ4v) is 3.37. The summed E-state index contributed by atoms with van der Waals surface area (Å²) in [6, 6.07) is 22.7. The molecule has 0 spiro atoms. The van der Waals surface area contributed by atoms with E-state index < -0.39 is 0 Å². The molecule has 0 aliphatic rings. The van der Waals surface area contributed by atoms with E-state index >= 15 is 0 Å². The number of aryl methyl sites for hydroxylation is 1. The zero-order valence-electron chi connectivity index (χ0n) is 24.7. The van der Waals surface area contributed by atoms with E-state index in [1.807, 2.05) is 36.4 Å². The van der Waals surface area contributed by atoms with E-state index in [-0.39, 0.29) is 0 Å². The maximum absolute atomic E-state index is 5.35. The second-order valence-electron chi connectivity index (χ2n) is 8.86. The summed E-state index contributed by atoms with van der Waals surface area (Å²) in [5.74, 6) is 35.2. The molecule has 0 amide bonds. The molecule has 0 N–H and O–H groups in total. The molecule has 0 unspecified atom stereocenters. The summed E-state index contributed by atoms with van der Waals surface area (Å²) in [5.41, 5.74) is 4.26. The molecular weight excluding hydrogens is 552 g/mol. The molecule has 0 saturated carbocycles. The Hall–Kier alpha value is -6.86. The van der Waals surface area contributed by atoms with Crippen molar-refractivity contribution in [3.8, 4) is 101 Å². The van der Waals surface area contributed by atoms with Crippen LogP contribution in [0.1, 0.15) is 38.2 Å². The Morgan fingerprint density at radius 1 is 0.489 bits per heavy atom. The minimum Gasteiger partial charge on any atom is -0.407 e. The standard InChI is InChI=1S/C40H26N4O/c1-3-5-7-9-10-11-12-13-14-15-16-17-18-20-34-45-40-32-30-39(31-33-40)44-43-38-28-26-37(27-29-38)42-41-36-24-22-35(23-25-36)21-19-8-6-4-2/h1,22-33H,4,6,8,19,21H2,2H3. The number of ether oxygens (including phenoxy) is 1. The summed E-state index contributed by atoms with van der Waals surface area (Å²) in [6.45, 7) is 2.23. The zero-order valence-corrected chi connectivity index (χ0v) is 24.7. The van der Waals surface area contributed by atoms with Crippen molar-refractivity contribution < 1.29 is 4.74 Å². The third-order valence-electron chi connectivity index (χ3n) is 5.55. The van der Waals surface area contributed by atoms with Crippen molar-refractivity contribution in [3.05, 3.63) is 78.4 Å². The molecular formula is C40H26N4O. The molecule has 3 rings (SSSR count). The largest absolute Gasteiger partial charge is 0.407 e. The van der Waals surface area contributed by atoms with Gasteiger partial charge in [-0.3, -0.25) is 0 Å². The zero-order chi connectivity index (χ0) is 31.6. The smallest absolute Gasteiger partial charge is 0.140 e. The Balaban J connectivity index is 1.42. The molecule has 3 aromatic rings. The van der Waals surface area contributed by atoms with Gasteiger partial charge in [-0.05, 0) is 121 Å². The molecule has 0 heterocycles. The summed E-state index contributed by atoms with van der Waals surface area (Å²) in [4.78, 5) is 0. The highest BCUT2D eigenvalue weighted by molar-refractivity contribution is 5.49. The Morgan fingerprint density at radius 3 is 1.33 bits per heavy atom. The molecule has 45 heavy (non-hydrogen) atoms. The van der Waals surface area contributed by atoms with Gasteiger partial charge in [-0.15, -0.1) is 6.42 Å². The summed E-state index contributed by atoms with van der Waals surface area (Å²) in [5, 5.41) is 17.2. The SMILES string of the molecule is C#CC#CC#CC#CC#CC#CC#CC#COc1ccc(N=Nc2ccc(N=Nc3ccc(CCCCCC)cc3)cc2)cc1. The van der Waals surface area contributed by atoms with Crippen molar-refractivity contribution in [1.82, 2.24) is 0 Å². The van der Waals surface area contributed by atoms with Crippen molar-refractivity contribution in [2.75, 3.05) is 0 Å². The third-order valence-corrected chi connectivity index (χ3v) is 5.55. The van der Waals surface area contributed by atoms with Crippen molar-refractivity contribution in [3.63, 3.8) is 0 Å². The molecule has 0 saturated heterocycles. The van der Waals surface area contributed by atoms with Gasteiger partial charge in [0.2, 0.25) is 0 Å². The predicted molar refractivity (Wildman–Crippen MR) is 179 cm³/mol. The molecule has 0 fully saturated rings. The predicted octanol–water partition coefficient (Wildman–Crippen LogP) is 8.63. The van der Waals surface area contributed by atoms with E-state index in [1.54, 1.807) is 24.3 Å². The van der Waals surface area contributed by atoms with Gasteiger partial charge in [-0.2, -0.15) is 20.5 Å². The fourth-order valence-electron chi connectivity index (χ4n) is 3.37. The topological polar surface area (TPSA) is 58.7 Å². The van der Waals surface area contributed by atoms with Gasteiger partial charge in [0.15, 0.2) is 0 Å². The monoisotopic (exact) mass is 578 g/mol. The molecule has 0 aliphatic heterocycles. The molecule has 0 radical (unpaired) electrons. The lowest BCUT2D eigenvalue weighted by Gasteiger charge is -2.01. The number of nitrogens with zero attached hydrogens (tertiary/aromatic N) is 4. The highest BCUT2D eigenvalue weighted by atomic mass is 16.5. The first-order chi connectivity index (χ1) is 22.3. The number of terminal acetylenes is 1. The van der Waals surface area contributed by atoms with Crippen LogP contribution in [0.3, 0.4) is 0 Å². The minimum atomic E-state index is 0.545. The second-order valence-corrected chi connectivity index (χ2v) is 8.86. The summed E-state index contributed by atoms with van der Waals surface area (Å²) < 4.78 is 5.35. The van der Waals surface area contributed by atoms with Crippen molar-refractivity contribution in [2.45, 2.75) is 39.0 Å². The summed E-state index contributed by atoms with van der Waals surface area (Å²) in [6.07, 6.45) is 13.6. The summed E-state index contributed by atoms with van der Waals surface area (Å²) in [7, 11) is 0. The van der Waals surface area contributed by atoms with Gasteiger partial charge in [0.05, 0.1) is 22.7 Å². The van der Waals surface area contributed by atoms with E-state index in [1.165, 1.54) is 31.2 Å². The highest BCUT2D eigenvalue weighted by Gasteiger charge is 1.97. The fraction of sp³-hybridized carbons (Fsp3) is 0.150. The maximum atomic E-state index is 5.35. The van der Waals surface area contributed by atoms with Crippen LogP contribution in [0, 0.1) is 95.4 Å². The lowest BCUT2D eigenvalue weighted by atomic mass is 10.1. The lowest BCUT2D eigenvalue weighted by Crippen LogP contribution is -1.84. The van der Waals surface area contributed by atoms with Crippen LogP contribution in [0.25, 0.3) is 0 Å². The van der Waals surface area contributed by atoms with Crippen molar-refractivity contribution >= 4 is 22.7 Å². The Morgan fingerprint density at radius 2 is 0.889 bits per heavy atom. The minimum absolute atomic E-state index is 0.545. The Kier molecular flexibility index (Phi) is 15.2. The molecule has 3 aromatic carbocycles. The molecule has 5 nitrogen and oxygen atoms in total. The number of rotatable bonds is 10. The van der Waals surface area contributed by atoms with Crippen molar-refractivity contribution in [1.29, 1.82) is 0 Å². The maximum Gasteiger partial charge on any atom is 0.140 e. The Bertz CT molecular complexity index is 1980. The molecule has 0 aromatic heterocycles. The van der Waals surface area contributed by atoms with Gasteiger partial charge in [0.25, 0.3) is 0 Å². The van der Waals surface area contributed by atoms with Crippen LogP contribution >= 0.6 is 0 Å². The lowest BCUT2D eigenvalue weighted by molar-refractivity contribution is 0.520. The van der Waals surface area contributed by atoms with Crippen LogP contribution < -0.4 is 4.74 Å². The van der Waals surface area contributed by atoms with Gasteiger partial charge >= 0.3 is 0 Å². The first-order valence-corrected chi connectivity index (χ1v) is 14.0. The molecule has 5 heteroatoms. The van der Waals surface area contributed by atoms with Gasteiger partial charge in [-0.1, -0.05) is 38.3 Å². The third kappa shape index (κ3) is 14.6. The number of azo groups is 2. The second kappa shape index (κ2) is 20.9. The van der Waals surface area contributed by atoms with Crippen LogP contribution in [0.15, 0.2) is 93.3 Å². The normalized spacial score (nSPS) is 8.89. The molecule has 212 valence electrons. The van der Waals surface area contributed by atoms with E-state index in [9.17, 15) is 0 Å². The number of hydrogen-bond acceptors (Lipinski definition) is 5. The molecule has 0 bridgehead atoms. The van der Waals surface area contributed by atoms with E-state index in [4.69, 9.17) is 11.2 Å². The van der Waals surface area contributed by atoms with Crippen LogP contribution in [-0.4, -0.2) is 0 Å². The summed E-state index contributed by atoms with van der Waals surface area (Å²) >= 11 is 0. The van der Waals surface area contributed by atoms with Crippen LogP contribution in [0.2, 0.25) is 0 Å². The number of benzene rings is 3. The Labute approximate surface area is 266 Å². The van der Waals surface area contributed by atoms with E-state index in [2.05, 4.69) is 129 Å². The van der Waals surface area contributed by atoms with Crippen LogP contribution in [0.4, 0.5) is 22.7 Å². The first-order valence-electron chi connectivity index (χ1n) is 14.0. The molecule has 0 aliphatic carbocycles. The van der Waals surface area contributed by atoms with Crippen LogP contribution in [0.5, 0.6) is 5.75 Å². The van der Waals surface area contributed by atoms with Gasteiger partial charge < -0.3 is 4.74 Å². The van der Waals surface area contributed by atoms with E-state index in [0.717, 1.165) is 17.8 Å². The highest BCUT2D eigenvalue weighted by Crippen LogP contribution is 2.24. The average Bonchev–Trinajstić information content (AvgIpc) is 3.08. The number of unbranched alkanes of at least 4 members (excludes halogenated alkanes) is 3. The number of hydrogen-bond donors (Lipinski definition) is 0. The van der Waals surface area contributed by atoms with Gasteiger partial charge in [0.1, 0.15) is 11.9 Å². The van der Waals surface area contributed by atoms with Crippen LogP contribution in [-0.2, 0) is 6.42 Å². The average molecular weight is 579 g/mol. The van der Waals surface area contributed by atoms with Crippen molar-refractivity contribution in [2.24, 2.45) is 20.5 Å². The van der Waals surface area contributed by atoms with E-state index in [0.29, 0.717) is 17.1 Å².